The Balaban J connectivity index is 1.26. The van der Waals surface area contributed by atoms with E-state index in [0.29, 0.717) is 34.4 Å². The molecule has 2 aromatic heterocycles. The highest BCUT2D eigenvalue weighted by molar-refractivity contribution is 7.99. The summed E-state index contributed by atoms with van der Waals surface area (Å²) in [6.07, 6.45) is 0.519. The molecule has 12 heteroatoms. The molecule has 2 amide bonds. The summed E-state index contributed by atoms with van der Waals surface area (Å²) in [6, 6.07) is 24.5. The molecule has 3 aromatic carbocycles. The fourth-order valence-corrected chi connectivity index (χ4v) is 6.62. The first kappa shape index (κ1) is 30.2. The van der Waals surface area contributed by atoms with Gasteiger partial charge in [-0.25, -0.2) is 9.40 Å². The van der Waals surface area contributed by atoms with Gasteiger partial charge in [0.25, 0.3) is 11.8 Å². The van der Waals surface area contributed by atoms with Crippen molar-refractivity contribution in [1.29, 1.82) is 0 Å². The predicted octanol–water partition coefficient (Wildman–Crippen LogP) is 6.18. The molecule has 0 spiro atoms. The summed E-state index contributed by atoms with van der Waals surface area (Å²) in [7, 11) is 1.57. The van der Waals surface area contributed by atoms with E-state index in [0.717, 1.165) is 21.7 Å². The third-order valence-electron chi connectivity index (χ3n) is 7.26. The third-order valence-corrected chi connectivity index (χ3v) is 9.10. The summed E-state index contributed by atoms with van der Waals surface area (Å²) in [4.78, 5) is 27.6. The number of nitrogens with one attached hydrogen (secondary N) is 1. The lowest BCUT2D eigenvalue weighted by molar-refractivity contribution is -0.130. The summed E-state index contributed by atoms with van der Waals surface area (Å²) in [5.74, 6) is 0.257. The SMILES string of the molecule is COc1ccccc1-n1c(CNC(=O)c2cccc(C)c2)nnc1SCC(=O)N1N=C(c2cccs2)C[C@H]1c1ccc(F)cc1. The Kier molecular flexibility index (Phi) is 9.03. The lowest BCUT2D eigenvalue weighted by Crippen LogP contribution is -2.28. The number of rotatable bonds is 10. The summed E-state index contributed by atoms with van der Waals surface area (Å²) in [5.41, 5.74) is 3.80. The molecule has 1 N–H and O–H groups in total. The van der Waals surface area contributed by atoms with Crippen molar-refractivity contribution in [3.05, 3.63) is 124 Å². The minimum absolute atomic E-state index is 0.0157. The molecular formula is C33H29FN6O3S2. The molecule has 0 bridgehead atoms. The minimum atomic E-state index is -0.365. The number of carbonyl (C=O) groups is 2. The molecule has 0 aliphatic carbocycles. The molecule has 5 aromatic rings. The van der Waals surface area contributed by atoms with E-state index in [1.165, 1.54) is 28.9 Å². The third kappa shape index (κ3) is 6.66. The van der Waals surface area contributed by atoms with Gasteiger partial charge in [0.1, 0.15) is 11.6 Å². The Labute approximate surface area is 267 Å². The second-order valence-corrected chi connectivity index (χ2v) is 12.2. The van der Waals surface area contributed by atoms with Crippen LogP contribution in [0.2, 0.25) is 0 Å². The second kappa shape index (κ2) is 13.4. The van der Waals surface area contributed by atoms with E-state index < -0.39 is 0 Å². The number of hydrogen-bond acceptors (Lipinski definition) is 8. The first-order chi connectivity index (χ1) is 21.9. The zero-order chi connectivity index (χ0) is 31.3. The molecule has 0 unspecified atom stereocenters. The molecule has 0 saturated carbocycles. The number of amides is 2. The maximum atomic E-state index is 13.7. The van der Waals surface area contributed by atoms with Crippen LogP contribution in [-0.4, -0.2) is 50.2 Å². The Bertz CT molecular complexity index is 1860. The minimum Gasteiger partial charge on any atom is -0.495 e. The van der Waals surface area contributed by atoms with Crippen LogP contribution in [0.1, 0.15) is 44.6 Å². The lowest BCUT2D eigenvalue weighted by atomic mass is 10.0. The van der Waals surface area contributed by atoms with E-state index >= 15 is 0 Å². The van der Waals surface area contributed by atoms with E-state index in [1.807, 2.05) is 66.9 Å². The number of para-hydroxylation sites is 2. The summed E-state index contributed by atoms with van der Waals surface area (Å²) < 4.78 is 21.1. The van der Waals surface area contributed by atoms with E-state index in [2.05, 4.69) is 15.5 Å². The number of thiophene rings is 1. The number of ether oxygens (including phenoxy) is 1. The fraction of sp³-hybridized carbons (Fsp3) is 0.182. The maximum absolute atomic E-state index is 13.7. The summed E-state index contributed by atoms with van der Waals surface area (Å²) in [6.45, 7) is 2.03. The number of aromatic nitrogens is 3. The Morgan fingerprint density at radius 2 is 1.87 bits per heavy atom. The number of methoxy groups -OCH3 is 1. The normalized spacial score (nSPS) is 14.3. The Morgan fingerprint density at radius 3 is 2.62 bits per heavy atom. The van der Waals surface area contributed by atoms with Gasteiger partial charge in [0.15, 0.2) is 11.0 Å². The van der Waals surface area contributed by atoms with Crippen LogP contribution in [0.15, 0.2) is 101 Å². The van der Waals surface area contributed by atoms with Crippen LogP contribution in [0.3, 0.4) is 0 Å². The number of thioether (sulfide) groups is 1. The maximum Gasteiger partial charge on any atom is 0.253 e. The van der Waals surface area contributed by atoms with Crippen LogP contribution in [0.5, 0.6) is 5.75 Å². The first-order valence-corrected chi connectivity index (χ1v) is 16.0. The summed E-state index contributed by atoms with van der Waals surface area (Å²) in [5, 5.41) is 20.3. The first-order valence-electron chi connectivity index (χ1n) is 14.2. The molecule has 0 radical (unpaired) electrons. The highest BCUT2D eigenvalue weighted by Crippen LogP contribution is 2.35. The zero-order valence-electron chi connectivity index (χ0n) is 24.5. The van der Waals surface area contributed by atoms with E-state index in [9.17, 15) is 14.0 Å². The van der Waals surface area contributed by atoms with Crippen molar-refractivity contribution in [1.82, 2.24) is 25.1 Å². The van der Waals surface area contributed by atoms with Gasteiger partial charge in [0, 0.05) is 12.0 Å². The number of hydrogen-bond donors (Lipinski definition) is 1. The molecule has 9 nitrogen and oxygen atoms in total. The number of nitrogens with zero attached hydrogens (tertiary/aromatic N) is 5. The van der Waals surface area contributed by atoms with Crippen molar-refractivity contribution in [3.63, 3.8) is 0 Å². The summed E-state index contributed by atoms with van der Waals surface area (Å²) >= 11 is 2.77. The van der Waals surface area contributed by atoms with Gasteiger partial charge < -0.3 is 10.1 Å². The zero-order valence-corrected chi connectivity index (χ0v) is 26.1. The number of carbonyl (C=O) groups excluding carboxylic acids is 2. The van der Waals surface area contributed by atoms with Crippen molar-refractivity contribution >= 4 is 40.6 Å². The predicted molar refractivity (Wildman–Crippen MR) is 172 cm³/mol. The molecule has 0 saturated heterocycles. The molecule has 1 aliphatic heterocycles. The van der Waals surface area contributed by atoms with Crippen LogP contribution in [0.4, 0.5) is 4.39 Å². The van der Waals surface area contributed by atoms with Crippen molar-refractivity contribution in [2.45, 2.75) is 31.1 Å². The van der Waals surface area contributed by atoms with Crippen molar-refractivity contribution in [3.8, 4) is 11.4 Å². The fourth-order valence-electron chi connectivity index (χ4n) is 5.08. The van der Waals surface area contributed by atoms with Gasteiger partial charge in [-0.15, -0.1) is 21.5 Å². The van der Waals surface area contributed by atoms with Gasteiger partial charge in [0.2, 0.25) is 0 Å². The van der Waals surface area contributed by atoms with Crippen LogP contribution in [0, 0.1) is 12.7 Å². The molecule has 1 aliphatic rings. The average Bonchev–Trinajstić information content (AvgIpc) is 3.83. The standard InChI is InChI=1S/C33H29FN6O3S2/c1-21-7-5-8-23(17-21)32(42)35-19-30-36-37-33(39(30)26-9-3-4-10-28(26)43-2)45-20-31(41)40-27(22-12-14-24(34)15-13-22)18-25(38-40)29-11-6-16-44-29/h3-17,27H,18-20H2,1-2H3,(H,35,42)/t27-/m0/s1. The van der Waals surface area contributed by atoms with Crippen LogP contribution >= 0.6 is 23.1 Å². The molecular weight excluding hydrogens is 612 g/mol. The van der Waals surface area contributed by atoms with Gasteiger partial charge >= 0.3 is 0 Å². The smallest absolute Gasteiger partial charge is 0.253 e. The molecule has 1 atom stereocenters. The number of halogens is 1. The van der Waals surface area contributed by atoms with E-state index in [4.69, 9.17) is 9.84 Å². The van der Waals surface area contributed by atoms with Gasteiger partial charge in [-0.05, 0) is 60.3 Å². The molecule has 228 valence electrons. The number of aryl methyl sites for hydroxylation is 1. The van der Waals surface area contributed by atoms with Gasteiger partial charge in [0.05, 0.1) is 41.7 Å². The Morgan fingerprint density at radius 1 is 1.04 bits per heavy atom. The average molecular weight is 641 g/mol. The van der Waals surface area contributed by atoms with Gasteiger partial charge in [-0.2, -0.15) is 5.10 Å². The quantitative estimate of drug-likeness (QED) is 0.183. The molecule has 3 heterocycles. The number of hydrazone groups is 1. The Hall–Kier alpha value is -4.81. The highest BCUT2D eigenvalue weighted by atomic mass is 32.2. The molecule has 6 rings (SSSR count). The van der Waals surface area contributed by atoms with Crippen molar-refractivity contribution < 1.29 is 18.7 Å². The number of benzene rings is 3. The topological polar surface area (TPSA) is 102 Å². The van der Waals surface area contributed by atoms with Crippen molar-refractivity contribution in [2.75, 3.05) is 12.9 Å². The molecule has 45 heavy (non-hydrogen) atoms. The van der Waals surface area contributed by atoms with Gasteiger partial charge in [-0.1, -0.05) is 59.8 Å². The molecule has 0 fully saturated rings. The monoisotopic (exact) mass is 640 g/mol. The van der Waals surface area contributed by atoms with Crippen LogP contribution in [0.25, 0.3) is 5.69 Å². The van der Waals surface area contributed by atoms with E-state index in [-0.39, 0.29) is 36.0 Å². The second-order valence-electron chi connectivity index (χ2n) is 10.3. The van der Waals surface area contributed by atoms with Crippen LogP contribution in [-0.2, 0) is 11.3 Å². The highest BCUT2D eigenvalue weighted by Gasteiger charge is 2.34. The van der Waals surface area contributed by atoms with Crippen molar-refractivity contribution in [2.24, 2.45) is 5.10 Å². The largest absolute Gasteiger partial charge is 0.495 e. The van der Waals surface area contributed by atoms with Crippen LogP contribution < -0.4 is 10.1 Å². The lowest BCUT2D eigenvalue weighted by Gasteiger charge is -2.22. The van der Waals surface area contributed by atoms with Gasteiger partial charge in [-0.3, -0.25) is 14.2 Å². The van der Waals surface area contributed by atoms with E-state index in [1.54, 1.807) is 41.2 Å².